The van der Waals surface area contributed by atoms with Gasteiger partial charge in [-0.05, 0) is 24.4 Å². The van der Waals surface area contributed by atoms with Gasteiger partial charge >= 0.3 is 0 Å². The molecule has 13 heavy (non-hydrogen) atoms. The average Bonchev–Trinajstić information content (AvgIpc) is 2.12. The third-order valence-corrected chi connectivity index (χ3v) is 2.11. The van der Waals surface area contributed by atoms with Gasteiger partial charge in [-0.1, -0.05) is 18.2 Å². The van der Waals surface area contributed by atoms with Gasteiger partial charge in [0.2, 0.25) is 0 Å². The second kappa shape index (κ2) is 2.66. The number of hydrogen-bond donors (Lipinski definition) is 2. The van der Waals surface area contributed by atoms with Gasteiger partial charge in [-0.15, -0.1) is 0 Å². The topological polar surface area (TPSA) is 40.5 Å². The standard InChI is InChI=1S/C11H9O2/c1-7-9(12)6-5-8-3-2-4-10(13)11(7)8/h2-6,12-13H,1H2. The van der Waals surface area contributed by atoms with E-state index in [4.69, 9.17) is 0 Å². The van der Waals surface area contributed by atoms with E-state index in [9.17, 15) is 10.2 Å². The average molecular weight is 173 g/mol. The Balaban J connectivity index is 2.97. The maximum Gasteiger partial charge on any atom is 0.123 e. The molecule has 1 radical (unpaired) electrons. The monoisotopic (exact) mass is 173 g/mol. The van der Waals surface area contributed by atoms with Crippen LogP contribution in [0.1, 0.15) is 5.56 Å². The van der Waals surface area contributed by atoms with Gasteiger partial charge in [0.1, 0.15) is 11.5 Å². The molecule has 65 valence electrons. The van der Waals surface area contributed by atoms with Gasteiger partial charge in [0.25, 0.3) is 0 Å². The number of benzene rings is 2. The van der Waals surface area contributed by atoms with E-state index in [-0.39, 0.29) is 11.5 Å². The Labute approximate surface area is 76.1 Å². The van der Waals surface area contributed by atoms with E-state index in [1.807, 2.05) is 6.07 Å². The molecule has 2 aromatic carbocycles. The van der Waals surface area contributed by atoms with Gasteiger partial charge in [0, 0.05) is 10.9 Å². The third kappa shape index (κ3) is 1.11. The second-order valence-corrected chi connectivity index (χ2v) is 2.94. The van der Waals surface area contributed by atoms with Crippen LogP contribution in [0.15, 0.2) is 30.3 Å². The molecule has 0 saturated heterocycles. The summed E-state index contributed by atoms with van der Waals surface area (Å²) in [6.07, 6.45) is 0. The number of rotatable bonds is 0. The molecular formula is C11H9O2. The minimum atomic E-state index is 0.106. The van der Waals surface area contributed by atoms with Crippen molar-refractivity contribution in [2.24, 2.45) is 0 Å². The molecule has 2 nitrogen and oxygen atoms in total. The van der Waals surface area contributed by atoms with Gasteiger partial charge in [-0.3, -0.25) is 0 Å². The van der Waals surface area contributed by atoms with E-state index in [1.54, 1.807) is 24.3 Å². The summed E-state index contributed by atoms with van der Waals surface area (Å²) in [6.45, 7) is 3.70. The normalized spacial score (nSPS) is 10.5. The van der Waals surface area contributed by atoms with Crippen molar-refractivity contribution in [3.63, 3.8) is 0 Å². The molecule has 0 aliphatic heterocycles. The van der Waals surface area contributed by atoms with E-state index in [0.717, 1.165) is 5.39 Å². The predicted molar refractivity (Wildman–Crippen MR) is 51.7 cm³/mol. The minimum absolute atomic E-state index is 0.106. The van der Waals surface area contributed by atoms with Crippen LogP contribution in [0.4, 0.5) is 0 Å². The maximum absolute atomic E-state index is 9.53. The van der Waals surface area contributed by atoms with Crippen molar-refractivity contribution in [3.05, 3.63) is 42.8 Å². The summed E-state index contributed by atoms with van der Waals surface area (Å²) in [5.41, 5.74) is 0.468. The summed E-state index contributed by atoms with van der Waals surface area (Å²) < 4.78 is 0. The van der Waals surface area contributed by atoms with Crippen LogP contribution in [0.2, 0.25) is 0 Å². The van der Waals surface area contributed by atoms with Crippen LogP contribution in [-0.2, 0) is 0 Å². The zero-order valence-electron chi connectivity index (χ0n) is 6.99. The van der Waals surface area contributed by atoms with Crippen molar-refractivity contribution in [2.75, 3.05) is 0 Å². The Hall–Kier alpha value is -1.70. The highest BCUT2D eigenvalue weighted by Gasteiger charge is 2.05. The quantitative estimate of drug-likeness (QED) is 0.642. The molecule has 0 bridgehead atoms. The fourth-order valence-corrected chi connectivity index (χ4v) is 1.42. The molecule has 0 amide bonds. The molecule has 0 fully saturated rings. The Kier molecular flexibility index (Phi) is 1.62. The lowest BCUT2D eigenvalue weighted by Crippen LogP contribution is -1.80. The van der Waals surface area contributed by atoms with Gasteiger partial charge in [-0.25, -0.2) is 0 Å². The van der Waals surface area contributed by atoms with Crippen molar-refractivity contribution < 1.29 is 10.2 Å². The first-order valence-electron chi connectivity index (χ1n) is 3.96. The summed E-state index contributed by atoms with van der Waals surface area (Å²) in [7, 11) is 0. The summed E-state index contributed by atoms with van der Waals surface area (Å²) in [6, 6.07) is 8.52. The fourth-order valence-electron chi connectivity index (χ4n) is 1.42. The van der Waals surface area contributed by atoms with Crippen molar-refractivity contribution in [3.8, 4) is 11.5 Å². The van der Waals surface area contributed by atoms with Crippen molar-refractivity contribution >= 4 is 10.8 Å². The smallest absolute Gasteiger partial charge is 0.123 e. The number of fused-ring (bicyclic) bond motifs is 1. The van der Waals surface area contributed by atoms with Crippen LogP contribution in [-0.4, -0.2) is 10.2 Å². The molecule has 0 atom stereocenters. The van der Waals surface area contributed by atoms with Gasteiger partial charge in [0.05, 0.1) is 0 Å². The van der Waals surface area contributed by atoms with Gasteiger partial charge < -0.3 is 10.2 Å². The number of phenols is 2. The van der Waals surface area contributed by atoms with Gasteiger partial charge in [0.15, 0.2) is 0 Å². The van der Waals surface area contributed by atoms with Crippen molar-refractivity contribution in [1.29, 1.82) is 0 Å². The summed E-state index contributed by atoms with van der Waals surface area (Å²) in [4.78, 5) is 0. The number of phenolic OH excluding ortho intramolecular Hbond substituents is 2. The Morgan fingerprint density at radius 1 is 0.923 bits per heavy atom. The Morgan fingerprint density at radius 2 is 1.69 bits per heavy atom. The predicted octanol–water partition coefficient (Wildman–Crippen LogP) is 2.43. The lowest BCUT2D eigenvalue weighted by molar-refractivity contribution is 0.469. The summed E-state index contributed by atoms with van der Waals surface area (Å²) in [5, 5.41) is 20.4. The zero-order valence-corrected chi connectivity index (χ0v) is 6.99. The fraction of sp³-hybridized carbons (Fsp3) is 0. The maximum atomic E-state index is 9.53. The van der Waals surface area contributed by atoms with Crippen LogP contribution in [0.25, 0.3) is 10.8 Å². The van der Waals surface area contributed by atoms with Crippen LogP contribution >= 0.6 is 0 Å². The van der Waals surface area contributed by atoms with E-state index < -0.39 is 0 Å². The van der Waals surface area contributed by atoms with E-state index in [0.29, 0.717) is 10.9 Å². The highest BCUT2D eigenvalue weighted by atomic mass is 16.3. The lowest BCUT2D eigenvalue weighted by atomic mass is 10.0. The highest BCUT2D eigenvalue weighted by molar-refractivity contribution is 5.93. The van der Waals surface area contributed by atoms with Crippen molar-refractivity contribution in [2.45, 2.75) is 0 Å². The third-order valence-electron chi connectivity index (χ3n) is 2.11. The number of aromatic hydroxyl groups is 2. The molecule has 2 N–H and O–H groups in total. The van der Waals surface area contributed by atoms with Crippen molar-refractivity contribution in [1.82, 2.24) is 0 Å². The van der Waals surface area contributed by atoms with Gasteiger partial charge in [-0.2, -0.15) is 0 Å². The first-order chi connectivity index (χ1) is 6.20. The van der Waals surface area contributed by atoms with E-state index in [2.05, 4.69) is 6.92 Å². The molecule has 2 heteroatoms. The molecule has 0 unspecified atom stereocenters. The van der Waals surface area contributed by atoms with Crippen LogP contribution in [0.3, 0.4) is 0 Å². The molecule has 0 aliphatic carbocycles. The van der Waals surface area contributed by atoms with E-state index in [1.165, 1.54) is 0 Å². The first kappa shape index (κ1) is 7.92. The van der Waals surface area contributed by atoms with Crippen LogP contribution in [0, 0.1) is 6.92 Å². The molecular weight excluding hydrogens is 164 g/mol. The molecule has 2 rings (SSSR count). The largest absolute Gasteiger partial charge is 0.508 e. The highest BCUT2D eigenvalue weighted by Crippen LogP contribution is 2.32. The minimum Gasteiger partial charge on any atom is -0.508 e. The SMILES string of the molecule is [CH2]c1c(O)ccc2cccc(O)c12. The molecule has 0 saturated carbocycles. The molecule has 0 heterocycles. The van der Waals surface area contributed by atoms with Crippen LogP contribution in [0.5, 0.6) is 11.5 Å². The summed E-state index contributed by atoms with van der Waals surface area (Å²) in [5.74, 6) is 0.257. The first-order valence-corrected chi connectivity index (χ1v) is 3.96. The molecule has 0 aromatic heterocycles. The number of hydrogen-bond acceptors (Lipinski definition) is 2. The van der Waals surface area contributed by atoms with Crippen LogP contribution < -0.4 is 0 Å². The molecule has 0 aliphatic rings. The Bertz CT molecular complexity index is 461. The molecule has 0 spiro atoms. The van der Waals surface area contributed by atoms with E-state index >= 15 is 0 Å². The second-order valence-electron chi connectivity index (χ2n) is 2.94. The lowest BCUT2D eigenvalue weighted by Gasteiger charge is -2.05. The molecule has 2 aromatic rings. The summed E-state index contributed by atoms with van der Waals surface area (Å²) >= 11 is 0. The zero-order chi connectivity index (χ0) is 9.42. The Morgan fingerprint density at radius 3 is 2.46 bits per heavy atom.